The van der Waals surface area contributed by atoms with Crippen LogP contribution >= 0.6 is 0 Å². The van der Waals surface area contributed by atoms with E-state index in [2.05, 4.69) is 42.2 Å². The molecular formula is C32H39NO4. The summed E-state index contributed by atoms with van der Waals surface area (Å²) in [5.41, 5.74) is 4.92. The first-order valence-corrected chi connectivity index (χ1v) is 14.5. The predicted molar refractivity (Wildman–Crippen MR) is 141 cm³/mol. The van der Waals surface area contributed by atoms with Crippen molar-refractivity contribution in [1.29, 1.82) is 0 Å². The number of fused-ring (bicyclic) bond motifs is 2. The molecule has 5 aliphatic carbocycles. The molecule has 0 amide bonds. The minimum absolute atomic E-state index is 0.0617. The molecule has 0 unspecified atom stereocenters. The van der Waals surface area contributed by atoms with Crippen LogP contribution in [0.3, 0.4) is 0 Å². The molecule has 6 atom stereocenters. The van der Waals surface area contributed by atoms with Crippen LogP contribution in [-0.2, 0) is 27.9 Å². The number of hydrogen-bond acceptors (Lipinski definition) is 5. The second-order valence-corrected chi connectivity index (χ2v) is 13.0. The van der Waals surface area contributed by atoms with Crippen molar-refractivity contribution in [1.82, 2.24) is 4.90 Å². The third kappa shape index (κ3) is 2.86. The minimum atomic E-state index is -0.391. The summed E-state index contributed by atoms with van der Waals surface area (Å²) in [5, 5.41) is 11.0. The molecule has 2 heterocycles. The molecule has 196 valence electrons. The van der Waals surface area contributed by atoms with Crippen LogP contribution in [0.25, 0.3) is 0 Å². The lowest BCUT2D eigenvalue weighted by atomic mass is 9.35. The summed E-state index contributed by atoms with van der Waals surface area (Å²) in [5.74, 6) is 2.22. The van der Waals surface area contributed by atoms with Gasteiger partial charge in [0, 0.05) is 42.0 Å². The van der Waals surface area contributed by atoms with Crippen LogP contribution in [0.2, 0.25) is 0 Å². The molecule has 9 rings (SSSR count). The third-order valence-electron chi connectivity index (χ3n) is 11.5. The number of methoxy groups -OCH3 is 1. The SMILES string of the molecule is CO[C@]12CC[C@@]3(C[C@@H]1COCc1ccc(C)cc1)[C@H]1Cc4ccc(O)c5c4[C@@]3(CCN1CC1CC1)[C@H]2O5. The van der Waals surface area contributed by atoms with Crippen molar-refractivity contribution in [3.8, 4) is 11.5 Å². The van der Waals surface area contributed by atoms with Gasteiger partial charge in [0.25, 0.3) is 0 Å². The van der Waals surface area contributed by atoms with Gasteiger partial charge in [0.1, 0.15) is 11.7 Å². The highest BCUT2D eigenvalue weighted by Crippen LogP contribution is 2.76. The fraction of sp³-hybridized carbons (Fsp3) is 0.625. The summed E-state index contributed by atoms with van der Waals surface area (Å²) >= 11 is 0. The molecule has 2 aliphatic heterocycles. The van der Waals surface area contributed by atoms with E-state index in [0.717, 1.165) is 43.9 Å². The molecule has 2 aromatic rings. The van der Waals surface area contributed by atoms with Gasteiger partial charge in [0.2, 0.25) is 0 Å². The van der Waals surface area contributed by atoms with Gasteiger partial charge in [-0.25, -0.2) is 0 Å². The Morgan fingerprint density at radius 2 is 1.92 bits per heavy atom. The molecule has 37 heavy (non-hydrogen) atoms. The predicted octanol–water partition coefficient (Wildman–Crippen LogP) is 5.14. The molecular weight excluding hydrogens is 462 g/mol. The lowest BCUT2D eigenvalue weighted by Crippen LogP contribution is -2.81. The Morgan fingerprint density at radius 3 is 2.70 bits per heavy atom. The number of ether oxygens (including phenoxy) is 3. The van der Waals surface area contributed by atoms with Crippen LogP contribution in [0.4, 0.5) is 0 Å². The van der Waals surface area contributed by atoms with E-state index in [-0.39, 0.29) is 22.9 Å². The zero-order chi connectivity index (χ0) is 25.0. The first kappa shape index (κ1) is 22.9. The maximum absolute atomic E-state index is 11.0. The second-order valence-electron chi connectivity index (χ2n) is 13.0. The highest BCUT2D eigenvalue weighted by Gasteiger charge is 2.80. The average Bonchev–Trinajstić information content (AvgIpc) is 3.65. The number of aryl methyl sites for hydroxylation is 1. The van der Waals surface area contributed by atoms with Crippen molar-refractivity contribution in [3.05, 3.63) is 58.7 Å². The fourth-order valence-corrected chi connectivity index (χ4v) is 9.75. The Hall–Kier alpha value is -2.08. The van der Waals surface area contributed by atoms with E-state index in [1.807, 2.05) is 13.2 Å². The van der Waals surface area contributed by atoms with Crippen molar-refractivity contribution in [2.24, 2.45) is 17.3 Å². The van der Waals surface area contributed by atoms with Gasteiger partial charge in [-0.3, -0.25) is 4.90 Å². The van der Waals surface area contributed by atoms with Gasteiger partial charge in [-0.05, 0) is 81.5 Å². The van der Waals surface area contributed by atoms with E-state index in [1.54, 1.807) is 0 Å². The number of phenolic OH excluding ortho intramolecular Hbond substituents is 1. The van der Waals surface area contributed by atoms with E-state index >= 15 is 0 Å². The van der Waals surface area contributed by atoms with E-state index in [1.165, 1.54) is 48.1 Å². The summed E-state index contributed by atoms with van der Waals surface area (Å²) in [6, 6.07) is 13.2. The lowest BCUT2D eigenvalue weighted by molar-refractivity contribution is -0.283. The van der Waals surface area contributed by atoms with Crippen LogP contribution in [0.15, 0.2) is 36.4 Å². The van der Waals surface area contributed by atoms with Gasteiger partial charge >= 0.3 is 0 Å². The highest BCUT2D eigenvalue weighted by molar-refractivity contribution is 5.63. The number of rotatable bonds is 7. The topological polar surface area (TPSA) is 51.2 Å². The quantitative estimate of drug-likeness (QED) is 0.569. The van der Waals surface area contributed by atoms with E-state index in [9.17, 15) is 5.11 Å². The van der Waals surface area contributed by atoms with Crippen molar-refractivity contribution in [2.45, 2.75) is 81.6 Å². The van der Waals surface area contributed by atoms with Gasteiger partial charge < -0.3 is 19.3 Å². The van der Waals surface area contributed by atoms with Crippen LogP contribution in [0.5, 0.6) is 11.5 Å². The first-order chi connectivity index (χ1) is 18.0. The van der Waals surface area contributed by atoms with Gasteiger partial charge in [0.05, 0.1) is 13.2 Å². The highest BCUT2D eigenvalue weighted by atomic mass is 16.6. The van der Waals surface area contributed by atoms with Gasteiger partial charge in [-0.2, -0.15) is 0 Å². The molecule has 4 bridgehead atoms. The van der Waals surface area contributed by atoms with Crippen molar-refractivity contribution in [2.75, 3.05) is 26.8 Å². The summed E-state index contributed by atoms with van der Waals surface area (Å²) in [4.78, 5) is 2.86. The van der Waals surface area contributed by atoms with Crippen LogP contribution in [0.1, 0.15) is 60.8 Å². The molecule has 7 aliphatic rings. The molecule has 2 aromatic carbocycles. The van der Waals surface area contributed by atoms with Gasteiger partial charge in [0.15, 0.2) is 11.5 Å². The van der Waals surface area contributed by atoms with Crippen LogP contribution < -0.4 is 4.74 Å². The Bertz CT molecular complexity index is 1240. The number of aromatic hydroxyl groups is 1. The van der Waals surface area contributed by atoms with Crippen molar-refractivity contribution >= 4 is 0 Å². The number of piperidine rings is 1. The van der Waals surface area contributed by atoms with E-state index in [4.69, 9.17) is 14.2 Å². The number of phenols is 1. The average molecular weight is 502 g/mol. The Morgan fingerprint density at radius 1 is 1.08 bits per heavy atom. The Balaban J connectivity index is 1.20. The van der Waals surface area contributed by atoms with Gasteiger partial charge in [-0.1, -0.05) is 35.9 Å². The number of benzene rings is 2. The van der Waals surface area contributed by atoms with Crippen molar-refractivity contribution < 1.29 is 19.3 Å². The minimum Gasteiger partial charge on any atom is -0.504 e. The Labute approximate surface area is 220 Å². The van der Waals surface area contributed by atoms with Crippen LogP contribution in [-0.4, -0.2) is 54.6 Å². The molecule has 0 aromatic heterocycles. The molecule has 2 spiro atoms. The molecule has 5 nitrogen and oxygen atoms in total. The number of nitrogens with zero attached hydrogens (tertiary/aromatic N) is 1. The first-order valence-electron chi connectivity index (χ1n) is 14.5. The summed E-state index contributed by atoms with van der Waals surface area (Å²) in [7, 11) is 1.89. The molecule has 5 heteroatoms. The second kappa shape index (κ2) is 7.74. The number of likely N-dealkylation sites (tertiary alicyclic amines) is 1. The number of hydrogen-bond donors (Lipinski definition) is 1. The van der Waals surface area contributed by atoms with E-state index in [0.29, 0.717) is 25.0 Å². The summed E-state index contributed by atoms with van der Waals surface area (Å²) in [6.45, 7) is 5.81. The molecule has 1 N–H and O–H groups in total. The zero-order valence-corrected chi connectivity index (χ0v) is 22.2. The fourth-order valence-electron chi connectivity index (χ4n) is 9.75. The molecule has 0 radical (unpaired) electrons. The molecule has 5 fully saturated rings. The van der Waals surface area contributed by atoms with E-state index < -0.39 is 5.60 Å². The third-order valence-corrected chi connectivity index (χ3v) is 11.5. The zero-order valence-electron chi connectivity index (χ0n) is 22.2. The van der Waals surface area contributed by atoms with Crippen LogP contribution in [0, 0.1) is 24.2 Å². The smallest absolute Gasteiger partial charge is 0.165 e. The molecule has 4 saturated carbocycles. The van der Waals surface area contributed by atoms with Gasteiger partial charge in [-0.15, -0.1) is 0 Å². The lowest BCUT2D eigenvalue weighted by Gasteiger charge is -2.74. The summed E-state index contributed by atoms with van der Waals surface area (Å²) in [6.07, 6.45) is 8.20. The maximum Gasteiger partial charge on any atom is 0.165 e. The standard InChI is InChI=1S/C32H39NO4/c1-20-3-5-22(6-4-20)18-36-19-24-16-30-11-12-32(24,35-2)29-31(30)13-14-33(17-21-7-8-21)26(30)15-23-9-10-25(34)28(37-29)27(23)31/h3-6,9-10,21,24,26,29,34H,7-8,11-19H2,1-2H3/t24-,26-,29-,30-,31+,32-/m1/s1. The normalized spacial score (nSPS) is 38.9. The Kier molecular flexibility index (Phi) is 4.78. The van der Waals surface area contributed by atoms with Crippen molar-refractivity contribution in [3.63, 3.8) is 0 Å². The monoisotopic (exact) mass is 501 g/mol. The summed E-state index contributed by atoms with van der Waals surface area (Å²) < 4.78 is 20.0. The maximum atomic E-state index is 11.0. The largest absolute Gasteiger partial charge is 0.504 e. The molecule has 1 saturated heterocycles.